The number of anilines is 2. The Bertz CT molecular complexity index is 1620. The number of imidazole rings is 1. The highest BCUT2D eigenvalue weighted by molar-refractivity contribution is 6.30. The third kappa shape index (κ3) is 7.53. The molecule has 4 rings (SSSR count). The molecule has 0 aliphatic carbocycles. The third-order valence-electron chi connectivity index (χ3n) is 6.02. The van der Waals surface area contributed by atoms with E-state index in [1.54, 1.807) is 59.9 Å². The molecule has 0 aliphatic rings. The zero-order valence-electron chi connectivity index (χ0n) is 25.4. The van der Waals surface area contributed by atoms with E-state index in [2.05, 4.69) is 15.6 Å². The number of aryl methyl sites for hydroxylation is 1. The second kappa shape index (κ2) is 12.5. The Morgan fingerprint density at radius 1 is 1.09 bits per heavy atom. The lowest BCUT2D eigenvalue weighted by atomic mass is 10.1. The molecular weight excluding hydrogens is 576 g/mol. The number of alkyl carbamates (subject to hydrolysis) is 1. The van der Waals surface area contributed by atoms with E-state index in [1.165, 1.54) is 4.90 Å². The van der Waals surface area contributed by atoms with Gasteiger partial charge < -0.3 is 25.1 Å². The SMILES string of the molecule is CCn1c(-c2nonc2N)nc2c(-c3cccc(Cl)c3)ncc(N(CCCNC(=O)OC(C)(C)C)C(=O)OC(C)(C)C)c21. The summed E-state index contributed by atoms with van der Waals surface area (Å²) >= 11 is 6.32. The molecule has 3 aromatic heterocycles. The van der Waals surface area contributed by atoms with Crippen molar-refractivity contribution < 1.29 is 23.7 Å². The molecule has 0 bridgehead atoms. The highest BCUT2D eigenvalue weighted by Crippen LogP contribution is 2.38. The van der Waals surface area contributed by atoms with Gasteiger partial charge in [-0.15, -0.1) is 0 Å². The first-order valence-corrected chi connectivity index (χ1v) is 14.3. The topological polar surface area (TPSA) is 164 Å². The van der Waals surface area contributed by atoms with Gasteiger partial charge in [-0.2, -0.15) is 0 Å². The predicted molar refractivity (Wildman–Crippen MR) is 164 cm³/mol. The van der Waals surface area contributed by atoms with Crippen LogP contribution in [-0.2, 0) is 16.0 Å². The molecule has 0 saturated heterocycles. The molecule has 13 nitrogen and oxygen atoms in total. The highest BCUT2D eigenvalue weighted by Gasteiger charge is 2.30. The standard InChI is InChI=1S/C29H37ClN8O5/c1-8-37-23-19(38(27(40)42-29(5,6)7)14-10-13-32-26(39)41-28(2,3)4)16-33-20(17-11-9-12-18(30)15-17)21(23)34-25(37)22-24(31)36-43-35-22/h9,11-12,15-16H,8,10,13-14H2,1-7H3,(H2,31,36)(H,32,39). The normalized spacial score (nSPS) is 11.9. The fraction of sp³-hybridized carbons (Fsp3) is 0.448. The number of rotatable bonds is 8. The second-order valence-electron chi connectivity index (χ2n) is 11.8. The third-order valence-corrected chi connectivity index (χ3v) is 6.26. The summed E-state index contributed by atoms with van der Waals surface area (Å²) < 4.78 is 17.9. The first-order valence-electron chi connectivity index (χ1n) is 13.9. The molecular formula is C29H37ClN8O5. The lowest BCUT2D eigenvalue weighted by Crippen LogP contribution is -2.39. The molecule has 0 saturated carbocycles. The van der Waals surface area contributed by atoms with Gasteiger partial charge in [0.05, 0.1) is 23.1 Å². The number of carbonyl (C=O) groups excluding carboxylic acids is 2. The van der Waals surface area contributed by atoms with Gasteiger partial charge in [-0.1, -0.05) is 23.7 Å². The first-order chi connectivity index (χ1) is 20.2. The number of nitrogens with one attached hydrogen (secondary N) is 1. The van der Waals surface area contributed by atoms with E-state index in [-0.39, 0.29) is 24.6 Å². The molecule has 3 N–H and O–H groups in total. The molecule has 3 heterocycles. The Labute approximate surface area is 254 Å². The predicted octanol–water partition coefficient (Wildman–Crippen LogP) is 6.06. The van der Waals surface area contributed by atoms with E-state index < -0.39 is 23.4 Å². The highest BCUT2D eigenvalue weighted by atomic mass is 35.5. The van der Waals surface area contributed by atoms with Gasteiger partial charge in [0.15, 0.2) is 17.3 Å². The molecule has 230 valence electrons. The van der Waals surface area contributed by atoms with Gasteiger partial charge in [0.1, 0.15) is 16.7 Å². The maximum Gasteiger partial charge on any atom is 0.414 e. The zero-order chi connectivity index (χ0) is 31.5. The van der Waals surface area contributed by atoms with Crippen LogP contribution >= 0.6 is 11.6 Å². The molecule has 0 atom stereocenters. The summed E-state index contributed by atoms with van der Waals surface area (Å²) in [6, 6.07) is 7.25. The molecule has 0 radical (unpaired) electrons. The number of amides is 2. The molecule has 43 heavy (non-hydrogen) atoms. The maximum atomic E-state index is 13.7. The number of fused-ring (bicyclic) bond motifs is 1. The molecule has 0 aliphatic heterocycles. The molecule has 14 heteroatoms. The number of carbonyl (C=O) groups is 2. The minimum absolute atomic E-state index is 0.0704. The number of nitrogens with two attached hydrogens (primary N) is 1. The van der Waals surface area contributed by atoms with Gasteiger partial charge >= 0.3 is 12.2 Å². The van der Waals surface area contributed by atoms with E-state index in [1.807, 2.05) is 23.6 Å². The summed E-state index contributed by atoms with van der Waals surface area (Å²) in [4.78, 5) is 37.0. The van der Waals surface area contributed by atoms with Crippen LogP contribution in [0.25, 0.3) is 33.8 Å². The fourth-order valence-electron chi connectivity index (χ4n) is 4.38. The Morgan fingerprint density at radius 3 is 2.42 bits per heavy atom. The van der Waals surface area contributed by atoms with Crippen molar-refractivity contribution in [3.05, 3.63) is 35.5 Å². The number of nitrogens with zero attached hydrogens (tertiary/aromatic N) is 6. The molecule has 0 unspecified atom stereocenters. The van der Waals surface area contributed by atoms with Gasteiger partial charge in [0, 0.05) is 30.2 Å². The van der Waals surface area contributed by atoms with E-state index >= 15 is 0 Å². The van der Waals surface area contributed by atoms with Crippen LogP contribution < -0.4 is 16.0 Å². The lowest BCUT2D eigenvalue weighted by Gasteiger charge is -2.28. The van der Waals surface area contributed by atoms with E-state index in [0.717, 1.165) is 5.56 Å². The monoisotopic (exact) mass is 612 g/mol. The zero-order valence-corrected chi connectivity index (χ0v) is 26.2. The average Bonchev–Trinajstić information content (AvgIpc) is 3.49. The number of aromatic nitrogens is 5. The van der Waals surface area contributed by atoms with Gasteiger partial charge in [-0.25, -0.2) is 19.2 Å². The average molecular weight is 613 g/mol. The Kier molecular flexibility index (Phi) is 9.14. The van der Waals surface area contributed by atoms with Crippen molar-refractivity contribution in [2.24, 2.45) is 0 Å². The number of benzene rings is 1. The summed E-state index contributed by atoms with van der Waals surface area (Å²) in [6.45, 7) is 13.5. The summed E-state index contributed by atoms with van der Waals surface area (Å²) in [5, 5.41) is 11.0. The number of ether oxygens (including phenoxy) is 2. The van der Waals surface area contributed by atoms with Crippen LogP contribution in [0.1, 0.15) is 54.9 Å². The number of nitrogen functional groups attached to an aromatic ring is 1. The fourth-order valence-corrected chi connectivity index (χ4v) is 4.57. The Balaban J connectivity index is 1.84. The molecule has 0 spiro atoms. The van der Waals surface area contributed by atoms with Gasteiger partial charge in [-0.05, 0) is 77.3 Å². The van der Waals surface area contributed by atoms with Crippen LogP contribution in [0.15, 0.2) is 35.1 Å². The van der Waals surface area contributed by atoms with Crippen LogP contribution in [0.2, 0.25) is 5.02 Å². The van der Waals surface area contributed by atoms with Crippen molar-refractivity contribution in [1.82, 2.24) is 30.2 Å². The maximum absolute atomic E-state index is 13.7. The van der Waals surface area contributed by atoms with Crippen molar-refractivity contribution in [1.29, 1.82) is 0 Å². The quantitative estimate of drug-likeness (QED) is 0.223. The van der Waals surface area contributed by atoms with E-state index in [4.69, 9.17) is 41.4 Å². The van der Waals surface area contributed by atoms with Crippen molar-refractivity contribution in [2.45, 2.75) is 72.6 Å². The number of pyridine rings is 1. The van der Waals surface area contributed by atoms with Crippen LogP contribution in [0.5, 0.6) is 0 Å². The number of halogens is 1. The minimum atomic E-state index is -0.769. The summed E-state index contributed by atoms with van der Waals surface area (Å²) in [7, 11) is 0. The largest absolute Gasteiger partial charge is 0.444 e. The Morgan fingerprint density at radius 2 is 1.81 bits per heavy atom. The van der Waals surface area contributed by atoms with Crippen LogP contribution in [0.4, 0.5) is 21.1 Å². The van der Waals surface area contributed by atoms with Crippen LogP contribution in [-0.4, -0.2) is 61.3 Å². The van der Waals surface area contributed by atoms with E-state index in [9.17, 15) is 9.59 Å². The van der Waals surface area contributed by atoms with Gasteiger partial charge in [-0.3, -0.25) is 9.88 Å². The van der Waals surface area contributed by atoms with Crippen molar-refractivity contribution >= 4 is 46.3 Å². The molecule has 0 fully saturated rings. The van der Waals surface area contributed by atoms with E-state index in [0.29, 0.717) is 46.2 Å². The van der Waals surface area contributed by atoms with Crippen LogP contribution in [0, 0.1) is 0 Å². The van der Waals surface area contributed by atoms with Crippen LogP contribution in [0.3, 0.4) is 0 Å². The smallest absolute Gasteiger partial charge is 0.414 e. The van der Waals surface area contributed by atoms with Crippen molar-refractivity contribution in [3.8, 4) is 22.8 Å². The summed E-state index contributed by atoms with van der Waals surface area (Å²) in [6.07, 6.45) is 0.866. The molecule has 4 aromatic rings. The molecule has 1 aromatic carbocycles. The first kappa shape index (κ1) is 31.5. The molecule has 2 amide bonds. The summed E-state index contributed by atoms with van der Waals surface area (Å²) in [5.74, 6) is 0.463. The van der Waals surface area contributed by atoms with Crippen molar-refractivity contribution in [2.75, 3.05) is 23.7 Å². The lowest BCUT2D eigenvalue weighted by molar-refractivity contribution is 0.0527. The van der Waals surface area contributed by atoms with Gasteiger partial charge in [0.2, 0.25) is 0 Å². The second-order valence-corrected chi connectivity index (χ2v) is 12.2. The number of hydrogen-bond donors (Lipinski definition) is 2. The minimum Gasteiger partial charge on any atom is -0.444 e. The van der Waals surface area contributed by atoms with Crippen molar-refractivity contribution in [3.63, 3.8) is 0 Å². The van der Waals surface area contributed by atoms with Gasteiger partial charge in [0.25, 0.3) is 0 Å². The summed E-state index contributed by atoms with van der Waals surface area (Å²) in [5.41, 5.74) is 7.72. The number of hydrogen-bond acceptors (Lipinski definition) is 10. The Hall–Kier alpha value is -4.39.